The normalized spacial score (nSPS) is 44.3. The molecule has 0 N–H and O–H groups in total. The molecule has 0 radical (unpaired) electrons. The second-order valence-electron chi connectivity index (χ2n) is 25.9. The molecule has 13 atom stereocenters. The fourth-order valence-electron chi connectivity index (χ4n) is 18.1. The number of ether oxygens (including phenoxy) is 2. The van der Waals surface area contributed by atoms with Gasteiger partial charge in [-0.2, -0.15) is 0 Å². The molecule has 7 saturated carbocycles. The Kier molecular flexibility index (Phi) is 11.2. The van der Waals surface area contributed by atoms with Gasteiger partial charge < -0.3 is 14.4 Å². The van der Waals surface area contributed by atoms with E-state index < -0.39 is 15.3 Å². The van der Waals surface area contributed by atoms with E-state index in [0.29, 0.717) is 60.4 Å². The van der Waals surface area contributed by atoms with Crippen LogP contribution in [-0.2, 0) is 40.3 Å². The second-order valence-corrected chi connectivity index (χ2v) is 28.2. The minimum Gasteiger partial charge on any atom is -0.462 e. The number of carbonyl (C=O) groups excluding carboxylic acids is 3. The Balaban J connectivity index is 0.842. The summed E-state index contributed by atoms with van der Waals surface area (Å²) in [5.41, 5.74) is 0.795. The summed E-state index contributed by atoms with van der Waals surface area (Å²) in [5, 5.41) is 0. The lowest BCUT2D eigenvalue weighted by Crippen LogP contribution is -2.68. The van der Waals surface area contributed by atoms with Crippen molar-refractivity contribution < 1.29 is 32.3 Å². The number of esters is 2. The number of hydrogen-bond donors (Lipinski definition) is 0. The van der Waals surface area contributed by atoms with Crippen LogP contribution in [-0.4, -0.2) is 85.9 Å². The van der Waals surface area contributed by atoms with Crippen molar-refractivity contribution in [1.29, 1.82) is 0 Å². The van der Waals surface area contributed by atoms with Gasteiger partial charge in [0.2, 0.25) is 5.91 Å². The van der Waals surface area contributed by atoms with Gasteiger partial charge in [-0.3, -0.25) is 19.3 Å². The third kappa shape index (κ3) is 7.16. The Labute approximate surface area is 391 Å². The predicted octanol–water partition coefficient (Wildman–Crippen LogP) is 9.91. The van der Waals surface area contributed by atoms with Crippen LogP contribution in [0.5, 0.6) is 0 Å². The fourth-order valence-corrected chi connectivity index (χ4v) is 19.4. The van der Waals surface area contributed by atoms with Gasteiger partial charge in [0.15, 0.2) is 9.84 Å². The summed E-state index contributed by atoms with van der Waals surface area (Å²) < 4.78 is 36.9. The minimum absolute atomic E-state index is 0.134. The molecule has 2 saturated heterocycles. The number of nitrogens with zero attached hydrogens (tertiary/aromatic N) is 2. The van der Waals surface area contributed by atoms with Gasteiger partial charge in [-0.25, -0.2) is 8.42 Å². The first-order valence-electron chi connectivity index (χ1n) is 26.2. The first-order valence-corrected chi connectivity index (χ1v) is 28.1. The van der Waals surface area contributed by atoms with E-state index in [1.807, 2.05) is 44.2 Å². The van der Waals surface area contributed by atoms with Gasteiger partial charge in [0.25, 0.3) is 0 Å². The van der Waals surface area contributed by atoms with E-state index in [1.165, 1.54) is 38.5 Å². The van der Waals surface area contributed by atoms with Crippen LogP contribution < -0.4 is 0 Å². The largest absolute Gasteiger partial charge is 0.462 e. The van der Waals surface area contributed by atoms with E-state index >= 15 is 4.79 Å². The summed E-state index contributed by atoms with van der Waals surface area (Å²) in [5.74, 6) is 2.53. The highest BCUT2D eigenvalue weighted by Gasteiger charge is 2.74. The summed E-state index contributed by atoms with van der Waals surface area (Å²) in [7, 11) is -2.95. The molecule has 2 aliphatic heterocycles. The van der Waals surface area contributed by atoms with Crippen LogP contribution in [0.2, 0.25) is 0 Å². The molecule has 0 aromatic heterocycles. The average Bonchev–Trinajstić information content (AvgIpc) is 3.62. The van der Waals surface area contributed by atoms with Gasteiger partial charge in [-0.05, 0) is 159 Å². The van der Waals surface area contributed by atoms with Crippen LogP contribution in [0, 0.1) is 79.3 Å². The van der Waals surface area contributed by atoms with E-state index in [4.69, 9.17) is 9.47 Å². The zero-order valence-electron chi connectivity index (χ0n) is 41.3. The smallest absolute Gasteiger partial charge is 0.309 e. The number of hydrogen-bond acceptors (Lipinski definition) is 8. The predicted molar refractivity (Wildman–Crippen MR) is 253 cm³/mol. The molecule has 65 heavy (non-hydrogen) atoms. The Hall–Kier alpha value is -2.46. The zero-order valence-corrected chi connectivity index (χ0v) is 42.1. The highest BCUT2D eigenvalue weighted by Crippen LogP contribution is 2.79. The number of fused-ring (bicyclic) bond motifs is 7. The third-order valence-electron chi connectivity index (χ3n) is 22.6. The molecule has 9 fully saturated rings. The number of likely N-dealkylation sites (tertiary alicyclic amines) is 1. The van der Waals surface area contributed by atoms with E-state index in [9.17, 15) is 18.0 Å². The molecule has 10 heteroatoms. The lowest BCUT2D eigenvalue weighted by Gasteiger charge is -2.73. The molecular weight excluding hydrogens is 833 g/mol. The fraction of sp³-hybridized carbons (Fsp3) is 0.836. The van der Waals surface area contributed by atoms with E-state index in [0.717, 1.165) is 70.0 Å². The van der Waals surface area contributed by atoms with Gasteiger partial charge in [-0.15, -0.1) is 0 Å². The standard InChI is InChI=1S/C55H82N2O7S/c1-49(2)40(46(58)63-35-36-13-10-9-11-14-36)33-41(49)47(59)64-44-20-21-52(6)42(50(44,3)4)19-22-54(8)43(52)17-16-39-45-38(51(5)24-25-51)18-23-55(45,27-26-53(39,54)7)48(60)57-28-12-15-37(57)34-56-29-31-65(61,62)32-30-56/h9-11,13-14,37-45H,12,15-35H2,1-8H3/t37-,38+,39+,40-,41+,42-,43+,44-,45+,52-,53+,54+,55-/m0/s1. The minimum atomic E-state index is -2.95. The van der Waals surface area contributed by atoms with Crippen LogP contribution in [0.3, 0.4) is 0 Å². The number of amides is 1. The van der Waals surface area contributed by atoms with Crippen molar-refractivity contribution in [3.8, 4) is 0 Å². The molecule has 360 valence electrons. The highest BCUT2D eigenvalue weighted by atomic mass is 32.2. The molecule has 0 unspecified atom stereocenters. The molecule has 1 aromatic rings. The Morgan fingerprint density at radius 3 is 2.08 bits per heavy atom. The molecule has 10 rings (SSSR count). The number of sulfone groups is 1. The number of carbonyl (C=O) groups is 3. The summed E-state index contributed by atoms with van der Waals surface area (Å²) in [4.78, 5) is 47.6. The first kappa shape index (κ1) is 46.3. The van der Waals surface area contributed by atoms with Crippen molar-refractivity contribution in [1.82, 2.24) is 9.80 Å². The number of benzene rings is 1. The molecule has 9 nitrogen and oxygen atoms in total. The molecule has 2 heterocycles. The van der Waals surface area contributed by atoms with E-state index in [-0.39, 0.29) is 81.1 Å². The topological polar surface area (TPSA) is 110 Å². The maximum Gasteiger partial charge on any atom is 0.309 e. The van der Waals surface area contributed by atoms with Gasteiger partial charge in [0.1, 0.15) is 12.7 Å². The molecule has 0 bridgehead atoms. The number of rotatable bonds is 9. The lowest BCUT2D eigenvalue weighted by atomic mass is 9.32. The first-order chi connectivity index (χ1) is 30.6. The summed E-state index contributed by atoms with van der Waals surface area (Å²) >= 11 is 0. The summed E-state index contributed by atoms with van der Waals surface area (Å²) in [6.45, 7) is 22.5. The maximum atomic E-state index is 15.6. The van der Waals surface area contributed by atoms with Crippen LogP contribution in [0.4, 0.5) is 0 Å². The Bertz CT molecular complexity index is 2140. The van der Waals surface area contributed by atoms with Crippen molar-refractivity contribution >= 4 is 27.7 Å². The van der Waals surface area contributed by atoms with Crippen LogP contribution in [0.15, 0.2) is 30.3 Å². The van der Waals surface area contributed by atoms with Crippen LogP contribution in [0.1, 0.15) is 157 Å². The Morgan fingerprint density at radius 1 is 0.677 bits per heavy atom. The van der Waals surface area contributed by atoms with Gasteiger partial charge in [0, 0.05) is 37.6 Å². The van der Waals surface area contributed by atoms with Crippen molar-refractivity contribution in [2.75, 3.05) is 37.7 Å². The van der Waals surface area contributed by atoms with Crippen molar-refractivity contribution in [3.05, 3.63) is 35.9 Å². The summed E-state index contributed by atoms with van der Waals surface area (Å²) in [6.07, 6.45) is 16.1. The van der Waals surface area contributed by atoms with Gasteiger partial charge >= 0.3 is 11.9 Å². The maximum absolute atomic E-state index is 15.6. The quantitative estimate of drug-likeness (QED) is 0.225. The third-order valence-corrected chi connectivity index (χ3v) is 24.2. The van der Waals surface area contributed by atoms with E-state index in [2.05, 4.69) is 51.3 Å². The van der Waals surface area contributed by atoms with Gasteiger partial charge in [0.05, 0.1) is 28.8 Å². The average molecular weight is 915 g/mol. The van der Waals surface area contributed by atoms with Crippen LogP contribution in [0.25, 0.3) is 0 Å². The molecular formula is C55H82N2O7S. The lowest BCUT2D eigenvalue weighted by molar-refractivity contribution is -0.253. The monoisotopic (exact) mass is 915 g/mol. The van der Waals surface area contributed by atoms with Crippen molar-refractivity contribution in [2.24, 2.45) is 79.3 Å². The van der Waals surface area contributed by atoms with E-state index in [1.54, 1.807) is 0 Å². The Morgan fingerprint density at radius 2 is 1.38 bits per heavy atom. The van der Waals surface area contributed by atoms with Crippen LogP contribution >= 0.6 is 0 Å². The summed E-state index contributed by atoms with van der Waals surface area (Å²) in [6, 6.07) is 9.95. The zero-order chi connectivity index (χ0) is 46.2. The molecule has 1 aromatic carbocycles. The molecule has 1 amide bonds. The van der Waals surface area contributed by atoms with Gasteiger partial charge in [-0.1, -0.05) is 85.7 Å². The second kappa shape index (κ2) is 15.8. The SMILES string of the molecule is CC1([C@@H]2CC[C@]3(C(=O)N4CCC[C@H]4CN4CCS(=O)(=O)CC4)CC[C@]4(C)[C@H](CC[C@@H]5[C@@]6(C)CC[C@H](OC(=O)[C@H]7C[C@@H](C(=O)OCc8ccccc8)C7(C)C)C(C)(C)[C@@H]6CC[C@]54C)[C@@H]23)CC1. The van der Waals surface area contributed by atoms with Crippen molar-refractivity contribution in [2.45, 2.75) is 170 Å². The molecule has 0 spiro atoms. The molecule has 9 aliphatic rings. The molecule has 7 aliphatic carbocycles. The van der Waals surface area contributed by atoms with Crippen molar-refractivity contribution in [3.63, 3.8) is 0 Å². The highest BCUT2D eigenvalue weighted by molar-refractivity contribution is 7.91.